The molecule has 0 radical (unpaired) electrons. The van der Waals surface area contributed by atoms with Gasteiger partial charge in [0.1, 0.15) is 0 Å². The van der Waals surface area contributed by atoms with Gasteiger partial charge in [0.2, 0.25) is 0 Å². The van der Waals surface area contributed by atoms with Crippen molar-refractivity contribution in [3.05, 3.63) is 58.9 Å². The number of esters is 1. The summed E-state index contributed by atoms with van der Waals surface area (Å²) >= 11 is 0. The monoisotopic (exact) mass is 388 g/mol. The lowest BCUT2D eigenvalue weighted by atomic mass is 9.92. The molecule has 0 amide bonds. The van der Waals surface area contributed by atoms with Crippen molar-refractivity contribution >= 4 is 24.1 Å². The van der Waals surface area contributed by atoms with Crippen molar-refractivity contribution in [3.63, 3.8) is 0 Å². The Morgan fingerprint density at radius 3 is 2.63 bits per heavy atom. The minimum absolute atomic E-state index is 0. The number of pyridine rings is 1. The van der Waals surface area contributed by atoms with E-state index in [0.29, 0.717) is 12.2 Å². The predicted octanol–water partition coefficient (Wildman–Crippen LogP) is 5.13. The number of aromatic nitrogens is 1. The number of carbonyl (C=O) groups is 1. The van der Waals surface area contributed by atoms with E-state index in [1.807, 2.05) is 37.4 Å². The van der Waals surface area contributed by atoms with Gasteiger partial charge in [-0.25, -0.2) is 4.79 Å². The zero-order valence-electron chi connectivity index (χ0n) is 16.4. The van der Waals surface area contributed by atoms with Crippen molar-refractivity contribution < 1.29 is 9.53 Å². The Morgan fingerprint density at radius 1 is 1.22 bits per heavy atom. The molecule has 1 unspecified atom stereocenters. The van der Waals surface area contributed by atoms with Crippen LogP contribution in [0.1, 0.15) is 66.2 Å². The number of aryl methyl sites for hydroxylation is 1. The second-order valence-electron chi connectivity index (χ2n) is 6.97. The fraction of sp³-hybridized carbons (Fsp3) is 0.455. The molecule has 0 N–H and O–H groups in total. The van der Waals surface area contributed by atoms with Gasteiger partial charge in [0.25, 0.3) is 0 Å². The third-order valence-electron chi connectivity index (χ3n) is 5.16. The number of halogens is 1. The minimum atomic E-state index is -0.265. The number of nitrogens with zero attached hydrogens (tertiary/aromatic N) is 2. The molecule has 1 aromatic heterocycles. The molecule has 0 saturated carbocycles. The summed E-state index contributed by atoms with van der Waals surface area (Å²) in [6, 6.07) is 9.88. The summed E-state index contributed by atoms with van der Waals surface area (Å²) in [5, 5.41) is 0. The highest BCUT2D eigenvalue weighted by Gasteiger charge is 2.21. The molecule has 1 aromatic carbocycles. The topological polar surface area (TPSA) is 42.4 Å². The number of ether oxygens (including phenoxy) is 1. The SMILES string of the molecule is CCOC(=O)c1ccccc1C(C)c1cc(N2CCCCC2)c(C)cn1.Cl. The van der Waals surface area contributed by atoms with Crippen molar-refractivity contribution in [2.45, 2.75) is 46.0 Å². The zero-order valence-corrected chi connectivity index (χ0v) is 17.2. The first kappa shape index (κ1) is 21.2. The molecule has 1 atom stereocenters. The van der Waals surface area contributed by atoms with E-state index in [1.165, 1.54) is 30.5 Å². The molecule has 2 aromatic rings. The van der Waals surface area contributed by atoms with Gasteiger partial charge >= 0.3 is 5.97 Å². The van der Waals surface area contributed by atoms with Crippen molar-refractivity contribution in [2.24, 2.45) is 0 Å². The van der Waals surface area contributed by atoms with E-state index in [0.717, 1.165) is 24.3 Å². The maximum atomic E-state index is 12.3. The summed E-state index contributed by atoms with van der Waals surface area (Å²) in [7, 11) is 0. The maximum Gasteiger partial charge on any atom is 0.338 e. The van der Waals surface area contributed by atoms with Crippen LogP contribution >= 0.6 is 12.4 Å². The number of carbonyl (C=O) groups excluding carboxylic acids is 1. The highest BCUT2D eigenvalue weighted by molar-refractivity contribution is 5.91. The number of piperidine rings is 1. The van der Waals surface area contributed by atoms with E-state index >= 15 is 0 Å². The second-order valence-corrected chi connectivity index (χ2v) is 6.97. The first-order chi connectivity index (χ1) is 12.6. The van der Waals surface area contributed by atoms with Crippen LogP contribution in [-0.4, -0.2) is 30.6 Å². The smallest absolute Gasteiger partial charge is 0.338 e. The largest absolute Gasteiger partial charge is 0.462 e. The molecule has 3 rings (SSSR count). The molecule has 1 aliphatic heterocycles. The van der Waals surface area contributed by atoms with Crippen LogP contribution in [0.25, 0.3) is 0 Å². The van der Waals surface area contributed by atoms with Crippen LogP contribution < -0.4 is 4.90 Å². The van der Waals surface area contributed by atoms with Gasteiger partial charge in [-0.3, -0.25) is 4.98 Å². The highest BCUT2D eigenvalue weighted by Crippen LogP contribution is 2.31. The molecule has 27 heavy (non-hydrogen) atoms. The number of rotatable bonds is 5. The quantitative estimate of drug-likeness (QED) is 0.666. The predicted molar refractivity (Wildman–Crippen MR) is 112 cm³/mol. The van der Waals surface area contributed by atoms with Crippen LogP contribution in [-0.2, 0) is 4.74 Å². The number of hydrogen-bond acceptors (Lipinski definition) is 4. The number of anilines is 1. The fourth-order valence-corrected chi connectivity index (χ4v) is 3.67. The molecule has 1 aliphatic rings. The Hall–Kier alpha value is -2.07. The molecule has 1 fully saturated rings. The van der Waals surface area contributed by atoms with E-state index in [2.05, 4.69) is 29.8 Å². The Bertz CT molecular complexity index is 773. The van der Waals surface area contributed by atoms with Gasteiger partial charge in [-0.05, 0) is 56.4 Å². The van der Waals surface area contributed by atoms with Crippen LogP contribution in [0, 0.1) is 6.92 Å². The van der Waals surface area contributed by atoms with E-state index in [9.17, 15) is 4.79 Å². The van der Waals surface area contributed by atoms with Crippen LogP contribution in [0.4, 0.5) is 5.69 Å². The van der Waals surface area contributed by atoms with Gasteiger partial charge in [-0.2, -0.15) is 0 Å². The fourth-order valence-electron chi connectivity index (χ4n) is 3.67. The van der Waals surface area contributed by atoms with Crippen molar-refractivity contribution in [1.82, 2.24) is 4.98 Å². The summed E-state index contributed by atoms with van der Waals surface area (Å²) in [6.45, 7) is 8.66. The van der Waals surface area contributed by atoms with Crippen LogP contribution in [0.5, 0.6) is 0 Å². The standard InChI is InChI=1S/C22H28N2O2.ClH/c1-4-26-22(25)19-11-7-6-10-18(19)17(3)20-14-21(16(2)15-23-20)24-12-8-5-9-13-24;/h6-7,10-11,14-15,17H,4-5,8-9,12-13H2,1-3H3;1H. The summed E-state index contributed by atoms with van der Waals surface area (Å²) in [6.07, 6.45) is 5.77. The summed E-state index contributed by atoms with van der Waals surface area (Å²) < 4.78 is 5.23. The van der Waals surface area contributed by atoms with Crippen LogP contribution in [0.3, 0.4) is 0 Å². The number of hydrogen-bond donors (Lipinski definition) is 0. The Kier molecular flexibility index (Phi) is 7.66. The molecule has 5 heteroatoms. The molecule has 4 nitrogen and oxygen atoms in total. The average molecular weight is 389 g/mol. The maximum absolute atomic E-state index is 12.3. The van der Waals surface area contributed by atoms with Crippen LogP contribution in [0.2, 0.25) is 0 Å². The normalized spacial score (nSPS) is 15.0. The van der Waals surface area contributed by atoms with Gasteiger partial charge < -0.3 is 9.64 Å². The van der Waals surface area contributed by atoms with Gasteiger partial charge in [0, 0.05) is 36.6 Å². The molecule has 0 aliphatic carbocycles. The van der Waals surface area contributed by atoms with E-state index in [1.54, 1.807) is 0 Å². The summed E-state index contributed by atoms with van der Waals surface area (Å²) in [5.41, 5.74) is 5.07. The van der Waals surface area contributed by atoms with Gasteiger partial charge in [-0.15, -0.1) is 12.4 Å². The highest BCUT2D eigenvalue weighted by atomic mass is 35.5. The van der Waals surface area contributed by atoms with Crippen molar-refractivity contribution in [3.8, 4) is 0 Å². The van der Waals surface area contributed by atoms with Gasteiger partial charge in [0.05, 0.1) is 12.2 Å². The first-order valence-corrected chi connectivity index (χ1v) is 9.59. The molecule has 0 spiro atoms. The zero-order chi connectivity index (χ0) is 18.5. The number of benzene rings is 1. The summed E-state index contributed by atoms with van der Waals surface area (Å²) in [5.74, 6) is -0.238. The molecule has 2 heterocycles. The summed E-state index contributed by atoms with van der Waals surface area (Å²) in [4.78, 5) is 19.5. The second kappa shape index (κ2) is 9.75. The Morgan fingerprint density at radius 2 is 1.93 bits per heavy atom. The molecule has 1 saturated heterocycles. The van der Waals surface area contributed by atoms with E-state index in [4.69, 9.17) is 4.74 Å². The third kappa shape index (κ3) is 4.81. The Balaban J connectivity index is 0.00000261. The average Bonchev–Trinajstić information content (AvgIpc) is 2.68. The van der Waals surface area contributed by atoms with Gasteiger partial charge in [-0.1, -0.05) is 25.1 Å². The third-order valence-corrected chi connectivity index (χ3v) is 5.16. The van der Waals surface area contributed by atoms with Crippen molar-refractivity contribution in [1.29, 1.82) is 0 Å². The van der Waals surface area contributed by atoms with Gasteiger partial charge in [0.15, 0.2) is 0 Å². The van der Waals surface area contributed by atoms with E-state index in [-0.39, 0.29) is 24.3 Å². The lowest BCUT2D eigenvalue weighted by Gasteiger charge is -2.30. The van der Waals surface area contributed by atoms with E-state index < -0.39 is 0 Å². The lowest BCUT2D eigenvalue weighted by molar-refractivity contribution is 0.0525. The Labute approximate surface area is 168 Å². The lowest BCUT2D eigenvalue weighted by Crippen LogP contribution is -2.30. The van der Waals surface area contributed by atoms with Crippen molar-refractivity contribution in [2.75, 3.05) is 24.6 Å². The molecule has 0 bridgehead atoms. The van der Waals surface area contributed by atoms with Crippen LogP contribution in [0.15, 0.2) is 36.5 Å². The first-order valence-electron chi connectivity index (χ1n) is 9.59. The minimum Gasteiger partial charge on any atom is -0.462 e. The molecular formula is C22H29ClN2O2. The molecular weight excluding hydrogens is 360 g/mol. The molecule has 146 valence electrons.